The van der Waals surface area contributed by atoms with Crippen molar-refractivity contribution in [3.63, 3.8) is 0 Å². The van der Waals surface area contributed by atoms with Crippen molar-refractivity contribution in [2.75, 3.05) is 23.7 Å². The van der Waals surface area contributed by atoms with Crippen LogP contribution >= 0.6 is 11.6 Å². The molecule has 0 radical (unpaired) electrons. The predicted octanol–water partition coefficient (Wildman–Crippen LogP) is 3.28. The molecule has 0 saturated carbocycles. The zero-order chi connectivity index (χ0) is 24.1. The zero-order valence-corrected chi connectivity index (χ0v) is 20.6. The Kier molecular flexibility index (Phi) is 8.69. The molecule has 2 amide bonds. The van der Waals surface area contributed by atoms with Gasteiger partial charge in [-0.1, -0.05) is 47.5 Å². The Morgan fingerprint density at radius 3 is 2.25 bits per heavy atom. The second-order valence-corrected chi connectivity index (χ2v) is 10.1. The number of halogens is 1. The van der Waals surface area contributed by atoms with Crippen LogP contribution < -0.4 is 9.62 Å². The molecule has 2 aromatic rings. The van der Waals surface area contributed by atoms with Crippen LogP contribution in [0.2, 0.25) is 5.02 Å². The summed E-state index contributed by atoms with van der Waals surface area (Å²) in [6, 6.07) is 11.6. The maximum atomic E-state index is 13.4. The molecule has 2 rings (SSSR count). The molecule has 0 aliphatic heterocycles. The van der Waals surface area contributed by atoms with Gasteiger partial charge in [-0.2, -0.15) is 0 Å². The van der Waals surface area contributed by atoms with Crippen molar-refractivity contribution < 1.29 is 18.0 Å². The average molecular weight is 480 g/mol. The Hall–Kier alpha value is -2.58. The minimum Gasteiger partial charge on any atom is -0.355 e. The second kappa shape index (κ2) is 10.8. The van der Waals surface area contributed by atoms with Gasteiger partial charge in [-0.25, -0.2) is 8.42 Å². The lowest BCUT2D eigenvalue weighted by Crippen LogP contribution is -2.51. The number of nitrogens with zero attached hydrogens (tertiary/aromatic N) is 2. The first-order chi connectivity index (χ1) is 14.9. The molecule has 0 unspecified atom stereocenters. The summed E-state index contributed by atoms with van der Waals surface area (Å²) in [6.45, 7) is 7.33. The number of sulfonamides is 1. The summed E-state index contributed by atoms with van der Waals surface area (Å²) in [5.74, 6) is -0.802. The molecule has 1 atom stereocenters. The van der Waals surface area contributed by atoms with Crippen molar-refractivity contribution >= 4 is 39.1 Å². The zero-order valence-electron chi connectivity index (χ0n) is 19.1. The number of carbonyl (C=O) groups is 2. The van der Waals surface area contributed by atoms with Gasteiger partial charge in [-0.3, -0.25) is 13.9 Å². The van der Waals surface area contributed by atoms with Crippen LogP contribution in [0, 0.1) is 13.8 Å². The van der Waals surface area contributed by atoms with Gasteiger partial charge in [0.05, 0.1) is 11.9 Å². The molecule has 0 heterocycles. The molecule has 0 spiro atoms. The number of benzene rings is 2. The lowest BCUT2D eigenvalue weighted by molar-refractivity contribution is -0.139. The molecule has 1 N–H and O–H groups in total. The topological polar surface area (TPSA) is 86.8 Å². The fraction of sp³-hybridized carbons (Fsp3) is 0.391. The molecule has 0 aliphatic rings. The monoisotopic (exact) mass is 479 g/mol. The normalized spacial score (nSPS) is 12.2. The van der Waals surface area contributed by atoms with Gasteiger partial charge in [0.15, 0.2) is 0 Å². The maximum Gasteiger partial charge on any atom is 0.244 e. The van der Waals surface area contributed by atoms with Gasteiger partial charge in [0, 0.05) is 18.1 Å². The minimum absolute atomic E-state index is 0.170. The number of hydrogen-bond donors (Lipinski definition) is 1. The van der Waals surface area contributed by atoms with E-state index in [0.29, 0.717) is 11.6 Å². The van der Waals surface area contributed by atoms with Crippen LogP contribution in [0.4, 0.5) is 5.69 Å². The summed E-state index contributed by atoms with van der Waals surface area (Å²) in [5.41, 5.74) is 2.99. The fourth-order valence-corrected chi connectivity index (χ4v) is 4.16. The summed E-state index contributed by atoms with van der Waals surface area (Å²) < 4.78 is 26.0. The maximum absolute atomic E-state index is 13.4. The van der Waals surface area contributed by atoms with Crippen molar-refractivity contribution in [2.24, 2.45) is 0 Å². The minimum atomic E-state index is -3.78. The number of nitrogens with one attached hydrogen (secondary N) is 1. The Bertz CT molecular complexity index is 1070. The van der Waals surface area contributed by atoms with Crippen molar-refractivity contribution in [1.82, 2.24) is 10.2 Å². The van der Waals surface area contributed by atoms with Gasteiger partial charge in [0.2, 0.25) is 21.8 Å². The highest BCUT2D eigenvalue weighted by Crippen LogP contribution is 2.25. The van der Waals surface area contributed by atoms with E-state index in [1.807, 2.05) is 31.2 Å². The summed E-state index contributed by atoms with van der Waals surface area (Å²) in [5, 5.41) is 3.12. The van der Waals surface area contributed by atoms with Gasteiger partial charge in [-0.05, 0) is 51.0 Å². The third kappa shape index (κ3) is 6.71. The first kappa shape index (κ1) is 25.7. The quantitative estimate of drug-likeness (QED) is 0.598. The smallest absolute Gasteiger partial charge is 0.244 e. The van der Waals surface area contributed by atoms with E-state index in [1.165, 1.54) is 11.0 Å². The predicted molar refractivity (Wildman–Crippen MR) is 128 cm³/mol. The lowest BCUT2D eigenvalue weighted by Gasteiger charge is -2.31. The number of amides is 2. The van der Waals surface area contributed by atoms with E-state index in [0.717, 1.165) is 27.3 Å². The van der Waals surface area contributed by atoms with E-state index in [1.54, 1.807) is 32.9 Å². The van der Waals surface area contributed by atoms with Gasteiger partial charge < -0.3 is 10.2 Å². The fourth-order valence-electron chi connectivity index (χ4n) is 3.15. The molecular formula is C23H30ClN3O4S. The van der Waals surface area contributed by atoms with Crippen molar-refractivity contribution in [2.45, 2.75) is 40.3 Å². The number of aryl methyl sites for hydroxylation is 2. The largest absolute Gasteiger partial charge is 0.355 e. The molecule has 0 aromatic heterocycles. The Labute approximate surface area is 195 Å². The van der Waals surface area contributed by atoms with Crippen molar-refractivity contribution in [1.29, 1.82) is 0 Å². The Morgan fingerprint density at radius 2 is 1.72 bits per heavy atom. The highest BCUT2D eigenvalue weighted by molar-refractivity contribution is 7.92. The summed E-state index contributed by atoms with van der Waals surface area (Å²) >= 11 is 6.18. The molecule has 0 bridgehead atoms. The molecule has 0 saturated heterocycles. The summed E-state index contributed by atoms with van der Waals surface area (Å²) in [4.78, 5) is 27.3. The first-order valence-electron chi connectivity index (χ1n) is 10.3. The number of carbonyl (C=O) groups excluding carboxylic acids is 2. The molecular weight excluding hydrogens is 450 g/mol. The standard InChI is InChI=1S/C23H30ClN3O4S/c1-6-25-23(29)18(4)26(14-19-10-7-16(2)8-11-19)22(28)15-27(32(5,30)31)20-12-9-17(3)21(24)13-20/h7-13,18H,6,14-15H2,1-5H3,(H,25,29)/t18-/m0/s1. The van der Waals surface area contributed by atoms with E-state index in [9.17, 15) is 18.0 Å². The van der Waals surface area contributed by atoms with Crippen molar-refractivity contribution in [3.8, 4) is 0 Å². The van der Waals surface area contributed by atoms with Crippen LogP contribution in [0.5, 0.6) is 0 Å². The van der Waals surface area contributed by atoms with E-state index < -0.39 is 28.5 Å². The number of hydrogen-bond acceptors (Lipinski definition) is 4. The summed E-state index contributed by atoms with van der Waals surface area (Å²) in [7, 11) is -3.78. The van der Waals surface area contributed by atoms with Crippen LogP contribution in [0.1, 0.15) is 30.5 Å². The van der Waals surface area contributed by atoms with E-state index in [2.05, 4.69) is 5.32 Å². The third-order valence-electron chi connectivity index (χ3n) is 5.11. The third-order valence-corrected chi connectivity index (χ3v) is 6.66. The molecule has 9 heteroatoms. The summed E-state index contributed by atoms with van der Waals surface area (Å²) in [6.07, 6.45) is 1.03. The Balaban J connectivity index is 2.39. The van der Waals surface area contributed by atoms with Crippen LogP contribution in [-0.2, 0) is 26.2 Å². The molecule has 7 nitrogen and oxygen atoms in total. The first-order valence-corrected chi connectivity index (χ1v) is 12.5. The molecule has 0 aliphatic carbocycles. The molecule has 2 aromatic carbocycles. The van der Waals surface area contributed by atoms with Crippen LogP contribution in [0.25, 0.3) is 0 Å². The van der Waals surface area contributed by atoms with Gasteiger partial charge in [-0.15, -0.1) is 0 Å². The number of rotatable bonds is 9. The van der Waals surface area contributed by atoms with Crippen molar-refractivity contribution in [3.05, 3.63) is 64.2 Å². The second-order valence-electron chi connectivity index (χ2n) is 7.78. The number of likely N-dealkylation sites (N-methyl/N-ethyl adjacent to an activating group) is 1. The SMILES string of the molecule is CCNC(=O)[C@H](C)N(Cc1ccc(C)cc1)C(=O)CN(c1ccc(C)c(Cl)c1)S(C)(=O)=O. The molecule has 32 heavy (non-hydrogen) atoms. The van der Waals surface area contributed by atoms with E-state index in [4.69, 9.17) is 11.6 Å². The van der Waals surface area contributed by atoms with E-state index >= 15 is 0 Å². The van der Waals surface area contributed by atoms with Crippen LogP contribution in [0.15, 0.2) is 42.5 Å². The number of anilines is 1. The van der Waals surface area contributed by atoms with Gasteiger partial charge >= 0.3 is 0 Å². The van der Waals surface area contributed by atoms with Gasteiger partial charge in [0.1, 0.15) is 12.6 Å². The highest BCUT2D eigenvalue weighted by atomic mass is 35.5. The van der Waals surface area contributed by atoms with E-state index in [-0.39, 0.29) is 18.1 Å². The molecule has 0 fully saturated rings. The lowest BCUT2D eigenvalue weighted by atomic mass is 10.1. The van der Waals surface area contributed by atoms with Crippen LogP contribution in [0.3, 0.4) is 0 Å². The van der Waals surface area contributed by atoms with Gasteiger partial charge in [0.25, 0.3) is 0 Å². The Morgan fingerprint density at radius 1 is 1.09 bits per heavy atom. The molecule has 174 valence electrons. The van der Waals surface area contributed by atoms with Crippen LogP contribution in [-0.4, -0.2) is 50.5 Å². The highest BCUT2D eigenvalue weighted by Gasteiger charge is 2.30. The average Bonchev–Trinajstić information content (AvgIpc) is 2.72.